The van der Waals surface area contributed by atoms with E-state index in [9.17, 15) is 10.1 Å². The molecule has 0 fully saturated rings. The Bertz CT molecular complexity index is 317. The van der Waals surface area contributed by atoms with E-state index in [-0.39, 0.29) is 35.2 Å². The standard InChI is InChI=1S/C7H8N2O3.Na/c1-5-6(9(10)11)3-4-7(8-5)12-2;/h3-4H,1-2H3;/q;+1. The van der Waals surface area contributed by atoms with Gasteiger partial charge in [-0.3, -0.25) is 10.1 Å². The summed E-state index contributed by atoms with van der Waals surface area (Å²) in [5.74, 6) is 0.387. The number of methoxy groups -OCH3 is 1. The van der Waals surface area contributed by atoms with E-state index in [0.29, 0.717) is 11.6 Å². The number of nitro groups is 1. The van der Waals surface area contributed by atoms with Crippen LogP contribution in [0.3, 0.4) is 0 Å². The zero-order valence-corrected chi connectivity index (χ0v) is 9.77. The molecule has 0 atom stereocenters. The molecule has 1 aromatic heterocycles. The molecule has 64 valence electrons. The summed E-state index contributed by atoms with van der Waals surface area (Å²) in [6, 6.07) is 2.84. The van der Waals surface area contributed by atoms with Crippen molar-refractivity contribution in [3.8, 4) is 5.88 Å². The Morgan fingerprint density at radius 3 is 2.54 bits per heavy atom. The number of hydrogen-bond acceptors (Lipinski definition) is 4. The van der Waals surface area contributed by atoms with Crippen LogP contribution < -0.4 is 34.3 Å². The van der Waals surface area contributed by atoms with Crippen LogP contribution >= 0.6 is 0 Å². The Hall–Kier alpha value is -0.650. The summed E-state index contributed by atoms with van der Waals surface area (Å²) in [5.41, 5.74) is 0.371. The molecule has 0 N–H and O–H groups in total. The van der Waals surface area contributed by atoms with Gasteiger partial charge in [0, 0.05) is 12.1 Å². The molecule has 0 unspecified atom stereocenters. The molecular formula is C7H8N2NaO3+. The Balaban J connectivity index is 0.00000144. The van der Waals surface area contributed by atoms with Gasteiger partial charge in [-0.25, -0.2) is 4.98 Å². The second-order valence-corrected chi connectivity index (χ2v) is 2.22. The minimum Gasteiger partial charge on any atom is -0.481 e. The summed E-state index contributed by atoms with van der Waals surface area (Å²) in [7, 11) is 1.47. The zero-order chi connectivity index (χ0) is 9.14. The van der Waals surface area contributed by atoms with Crippen molar-refractivity contribution in [1.82, 2.24) is 4.98 Å². The first kappa shape index (κ1) is 12.3. The van der Waals surface area contributed by atoms with Gasteiger partial charge in [-0.1, -0.05) is 0 Å². The number of nitrogens with zero attached hydrogens (tertiary/aromatic N) is 2. The van der Waals surface area contributed by atoms with Gasteiger partial charge in [0.05, 0.1) is 12.0 Å². The van der Waals surface area contributed by atoms with E-state index in [0.717, 1.165) is 0 Å². The number of hydrogen-bond donors (Lipinski definition) is 0. The van der Waals surface area contributed by atoms with E-state index >= 15 is 0 Å². The van der Waals surface area contributed by atoms with Gasteiger partial charge >= 0.3 is 29.6 Å². The maximum absolute atomic E-state index is 10.3. The largest absolute Gasteiger partial charge is 1.00 e. The number of ether oxygens (including phenoxy) is 1. The van der Waals surface area contributed by atoms with Crippen molar-refractivity contribution < 1.29 is 39.2 Å². The first-order valence-electron chi connectivity index (χ1n) is 3.31. The fourth-order valence-electron chi connectivity index (χ4n) is 0.837. The van der Waals surface area contributed by atoms with E-state index in [4.69, 9.17) is 4.74 Å². The van der Waals surface area contributed by atoms with Crippen molar-refractivity contribution >= 4 is 5.69 Å². The second-order valence-electron chi connectivity index (χ2n) is 2.22. The van der Waals surface area contributed by atoms with Crippen LogP contribution in [0.25, 0.3) is 0 Å². The maximum Gasteiger partial charge on any atom is 1.00 e. The van der Waals surface area contributed by atoms with E-state index < -0.39 is 4.92 Å². The summed E-state index contributed by atoms with van der Waals surface area (Å²) in [6.07, 6.45) is 0. The van der Waals surface area contributed by atoms with Crippen LogP contribution in [-0.4, -0.2) is 17.0 Å². The minimum atomic E-state index is -0.470. The fraction of sp³-hybridized carbons (Fsp3) is 0.286. The molecule has 0 aliphatic rings. The van der Waals surface area contributed by atoms with Gasteiger partial charge < -0.3 is 4.74 Å². The molecule has 13 heavy (non-hydrogen) atoms. The SMILES string of the molecule is COc1ccc([N+](=O)[O-])c(C)n1.[Na+]. The molecule has 0 aromatic carbocycles. The molecule has 0 saturated carbocycles. The molecule has 1 heterocycles. The van der Waals surface area contributed by atoms with Gasteiger partial charge in [-0.2, -0.15) is 0 Å². The molecule has 0 spiro atoms. The van der Waals surface area contributed by atoms with Gasteiger partial charge in [0.25, 0.3) is 5.69 Å². The number of aryl methyl sites for hydroxylation is 1. The Kier molecular flexibility index (Phi) is 4.90. The Morgan fingerprint density at radius 1 is 1.54 bits per heavy atom. The van der Waals surface area contributed by atoms with Crippen LogP contribution in [0.5, 0.6) is 5.88 Å². The molecule has 0 bridgehead atoms. The molecule has 0 amide bonds. The van der Waals surface area contributed by atoms with Crippen LogP contribution in [0.15, 0.2) is 12.1 Å². The number of rotatable bonds is 2. The summed E-state index contributed by atoms with van der Waals surface area (Å²) >= 11 is 0. The van der Waals surface area contributed by atoms with Crippen molar-refractivity contribution in [1.29, 1.82) is 0 Å². The third-order valence-corrected chi connectivity index (χ3v) is 1.44. The average Bonchev–Trinajstić information content (AvgIpc) is 2.03. The van der Waals surface area contributed by atoms with Crippen LogP contribution in [0.1, 0.15) is 5.69 Å². The summed E-state index contributed by atoms with van der Waals surface area (Å²) in [6.45, 7) is 1.57. The first-order valence-corrected chi connectivity index (χ1v) is 3.31. The molecule has 1 rings (SSSR count). The van der Waals surface area contributed by atoms with Crippen molar-refractivity contribution in [2.45, 2.75) is 6.92 Å². The van der Waals surface area contributed by atoms with Crippen LogP contribution in [-0.2, 0) is 0 Å². The van der Waals surface area contributed by atoms with E-state index in [1.54, 1.807) is 6.92 Å². The van der Waals surface area contributed by atoms with E-state index in [1.807, 2.05) is 0 Å². The summed E-state index contributed by atoms with van der Waals surface area (Å²) in [5, 5.41) is 10.3. The monoisotopic (exact) mass is 191 g/mol. The van der Waals surface area contributed by atoms with Gasteiger partial charge in [0.2, 0.25) is 5.88 Å². The fourth-order valence-corrected chi connectivity index (χ4v) is 0.837. The number of aromatic nitrogens is 1. The maximum atomic E-state index is 10.3. The Morgan fingerprint density at radius 2 is 2.15 bits per heavy atom. The zero-order valence-electron chi connectivity index (χ0n) is 7.77. The number of pyridine rings is 1. The predicted molar refractivity (Wildman–Crippen MR) is 42.2 cm³/mol. The summed E-state index contributed by atoms with van der Waals surface area (Å²) in [4.78, 5) is 13.7. The third-order valence-electron chi connectivity index (χ3n) is 1.44. The quantitative estimate of drug-likeness (QED) is 0.318. The molecule has 5 nitrogen and oxygen atoms in total. The van der Waals surface area contributed by atoms with Crippen molar-refractivity contribution in [3.63, 3.8) is 0 Å². The normalized spacial score (nSPS) is 8.77. The molecule has 0 aliphatic carbocycles. The second kappa shape index (κ2) is 5.16. The topological polar surface area (TPSA) is 65.3 Å². The van der Waals surface area contributed by atoms with Gasteiger partial charge in [-0.15, -0.1) is 0 Å². The minimum absolute atomic E-state index is 0. The van der Waals surface area contributed by atoms with Gasteiger partial charge in [0.15, 0.2) is 0 Å². The molecule has 6 heteroatoms. The molecular weight excluding hydrogens is 183 g/mol. The van der Waals surface area contributed by atoms with Crippen LogP contribution in [0, 0.1) is 17.0 Å². The summed E-state index contributed by atoms with van der Waals surface area (Å²) < 4.78 is 4.80. The van der Waals surface area contributed by atoms with Crippen molar-refractivity contribution in [3.05, 3.63) is 27.9 Å². The van der Waals surface area contributed by atoms with E-state index in [1.165, 1.54) is 19.2 Å². The molecule has 0 aliphatic heterocycles. The van der Waals surface area contributed by atoms with Gasteiger partial charge in [0.1, 0.15) is 5.69 Å². The van der Waals surface area contributed by atoms with Crippen molar-refractivity contribution in [2.24, 2.45) is 0 Å². The smallest absolute Gasteiger partial charge is 0.481 e. The molecule has 0 saturated heterocycles. The molecule has 1 aromatic rings. The molecule has 0 radical (unpaired) electrons. The Labute approximate surface area is 97.6 Å². The van der Waals surface area contributed by atoms with Crippen LogP contribution in [0.4, 0.5) is 5.69 Å². The van der Waals surface area contributed by atoms with Crippen LogP contribution in [0.2, 0.25) is 0 Å². The van der Waals surface area contributed by atoms with Crippen molar-refractivity contribution in [2.75, 3.05) is 7.11 Å². The average molecular weight is 191 g/mol. The third kappa shape index (κ3) is 2.95. The van der Waals surface area contributed by atoms with Gasteiger partial charge in [-0.05, 0) is 6.92 Å². The predicted octanol–water partition coefficient (Wildman–Crippen LogP) is -1.69. The van der Waals surface area contributed by atoms with E-state index in [2.05, 4.69) is 4.98 Å². The first-order chi connectivity index (χ1) is 5.65.